The number of hydrogen-bond acceptors (Lipinski definition) is 5. The van der Waals surface area contributed by atoms with Crippen molar-refractivity contribution in [3.63, 3.8) is 0 Å². The molecule has 2 aromatic carbocycles. The summed E-state index contributed by atoms with van der Waals surface area (Å²) < 4.78 is 5.63. The quantitative estimate of drug-likeness (QED) is 0.639. The summed E-state index contributed by atoms with van der Waals surface area (Å²) >= 11 is 0. The summed E-state index contributed by atoms with van der Waals surface area (Å²) in [6, 6.07) is 19.5. The normalized spacial score (nSPS) is 17.0. The maximum Gasteiger partial charge on any atom is 0.407 e. The molecule has 2 N–H and O–H groups in total. The van der Waals surface area contributed by atoms with Gasteiger partial charge in [0.25, 0.3) is 0 Å². The molecule has 5 rings (SSSR count). The van der Waals surface area contributed by atoms with Gasteiger partial charge in [0.2, 0.25) is 0 Å². The van der Waals surface area contributed by atoms with Crippen LogP contribution < -0.4 is 10.2 Å². The monoisotopic (exact) mass is 429 g/mol. The number of carboxylic acids is 1. The minimum atomic E-state index is -1.01. The number of carbonyl (C=O) groups is 2. The van der Waals surface area contributed by atoms with Crippen LogP contribution in [0.25, 0.3) is 11.1 Å². The fraction of sp³-hybridized carbons (Fsp3) is 0.240. The molecule has 0 radical (unpaired) electrons. The lowest BCUT2D eigenvalue weighted by Gasteiger charge is -2.20. The summed E-state index contributed by atoms with van der Waals surface area (Å²) in [4.78, 5) is 30.1. The Kier molecular flexibility index (Phi) is 5.23. The van der Waals surface area contributed by atoms with Crippen LogP contribution in [-0.2, 0) is 4.74 Å². The summed E-state index contributed by atoms with van der Waals surface area (Å²) in [5, 5.41) is 12.3. The fourth-order valence-electron chi connectivity index (χ4n) is 4.69. The van der Waals surface area contributed by atoms with E-state index in [2.05, 4.69) is 34.6 Å². The van der Waals surface area contributed by atoms with Gasteiger partial charge in [0, 0.05) is 25.2 Å². The van der Waals surface area contributed by atoms with Crippen molar-refractivity contribution in [2.75, 3.05) is 24.6 Å². The van der Waals surface area contributed by atoms with Crippen molar-refractivity contribution < 1.29 is 19.4 Å². The topological polar surface area (TPSA) is 91.8 Å². The molecule has 1 aromatic heterocycles. The molecule has 1 aliphatic carbocycles. The molecule has 1 fully saturated rings. The van der Waals surface area contributed by atoms with Crippen molar-refractivity contribution in [3.8, 4) is 11.1 Å². The van der Waals surface area contributed by atoms with Gasteiger partial charge in [-0.2, -0.15) is 0 Å². The van der Waals surface area contributed by atoms with Gasteiger partial charge in [0.1, 0.15) is 18.0 Å². The van der Waals surface area contributed by atoms with Gasteiger partial charge in [0.15, 0.2) is 0 Å². The first kappa shape index (κ1) is 20.1. The predicted octanol–water partition coefficient (Wildman–Crippen LogP) is 3.90. The molecule has 1 atom stereocenters. The Morgan fingerprint density at radius 1 is 1.03 bits per heavy atom. The lowest BCUT2D eigenvalue weighted by molar-refractivity contribution is 0.0697. The molecule has 32 heavy (non-hydrogen) atoms. The molecule has 0 bridgehead atoms. The molecule has 2 aliphatic rings. The van der Waals surface area contributed by atoms with E-state index in [1.54, 1.807) is 12.3 Å². The van der Waals surface area contributed by atoms with Gasteiger partial charge >= 0.3 is 12.1 Å². The standard InChI is InChI=1S/C25H23N3O4/c29-24(30)21-10-5-12-26-23(21)28-13-11-16(14-28)27-25(31)32-15-22-19-8-3-1-6-17(19)18-7-2-4-9-20(18)22/h1-10,12,16,22H,11,13-15H2,(H,27,31)(H,29,30)/t16-/m1/s1. The van der Waals surface area contributed by atoms with Crippen molar-refractivity contribution in [3.05, 3.63) is 83.6 Å². The molecule has 7 nitrogen and oxygen atoms in total. The molecular weight excluding hydrogens is 406 g/mol. The Morgan fingerprint density at radius 2 is 1.72 bits per heavy atom. The maximum atomic E-state index is 12.5. The van der Waals surface area contributed by atoms with E-state index in [9.17, 15) is 14.7 Å². The van der Waals surface area contributed by atoms with Crippen LogP contribution >= 0.6 is 0 Å². The largest absolute Gasteiger partial charge is 0.478 e. The van der Waals surface area contributed by atoms with Gasteiger partial charge in [0.05, 0.1) is 6.04 Å². The predicted molar refractivity (Wildman–Crippen MR) is 120 cm³/mol. The second-order valence-corrected chi connectivity index (χ2v) is 8.08. The van der Waals surface area contributed by atoms with Gasteiger partial charge in [-0.1, -0.05) is 48.5 Å². The number of hydrogen-bond donors (Lipinski definition) is 2. The summed E-state index contributed by atoms with van der Waals surface area (Å²) in [6.45, 7) is 1.37. The Hall–Kier alpha value is -3.87. The van der Waals surface area contributed by atoms with Crippen LogP contribution in [0.15, 0.2) is 66.9 Å². The summed E-state index contributed by atoms with van der Waals surface area (Å²) in [5.41, 5.74) is 4.88. The second kappa shape index (κ2) is 8.34. The molecule has 162 valence electrons. The zero-order valence-corrected chi connectivity index (χ0v) is 17.4. The molecule has 0 saturated carbocycles. The van der Waals surface area contributed by atoms with Crippen LogP contribution in [0.4, 0.5) is 10.6 Å². The smallest absolute Gasteiger partial charge is 0.407 e. The van der Waals surface area contributed by atoms with Crippen molar-refractivity contribution in [2.45, 2.75) is 18.4 Å². The Labute approximate surface area is 185 Å². The Bertz CT molecular complexity index is 1130. The molecule has 3 aromatic rings. The summed E-state index contributed by atoms with van der Waals surface area (Å²) in [5.74, 6) is -0.572. The Balaban J connectivity index is 1.21. The van der Waals surface area contributed by atoms with Crippen LogP contribution in [-0.4, -0.2) is 47.9 Å². The number of anilines is 1. The van der Waals surface area contributed by atoms with Crippen LogP contribution in [0, 0.1) is 0 Å². The van der Waals surface area contributed by atoms with E-state index in [-0.39, 0.29) is 24.1 Å². The molecule has 7 heteroatoms. The fourth-order valence-corrected chi connectivity index (χ4v) is 4.69. The van der Waals surface area contributed by atoms with Crippen LogP contribution in [0.2, 0.25) is 0 Å². The van der Waals surface area contributed by atoms with Gasteiger partial charge in [-0.15, -0.1) is 0 Å². The van der Waals surface area contributed by atoms with Gasteiger partial charge in [-0.05, 0) is 40.8 Å². The lowest BCUT2D eigenvalue weighted by atomic mass is 9.98. The molecule has 1 amide bonds. The van der Waals surface area contributed by atoms with Crippen LogP contribution in [0.5, 0.6) is 0 Å². The molecule has 1 aliphatic heterocycles. The van der Waals surface area contributed by atoms with E-state index in [1.807, 2.05) is 29.2 Å². The maximum absolute atomic E-state index is 12.5. The number of carbonyl (C=O) groups excluding carboxylic acids is 1. The van der Waals surface area contributed by atoms with Gasteiger partial charge < -0.3 is 20.1 Å². The SMILES string of the molecule is O=C(N[C@@H]1CCN(c2ncccc2C(=O)O)C1)OCC1c2ccccc2-c2ccccc21. The number of alkyl carbamates (subject to hydrolysis) is 1. The van der Waals surface area contributed by atoms with E-state index in [0.717, 1.165) is 0 Å². The number of rotatable bonds is 5. The number of nitrogens with zero attached hydrogens (tertiary/aromatic N) is 2. The number of aromatic nitrogens is 1. The van der Waals surface area contributed by atoms with Crippen molar-refractivity contribution in [1.29, 1.82) is 0 Å². The van der Waals surface area contributed by atoms with E-state index in [4.69, 9.17) is 4.74 Å². The first-order chi connectivity index (χ1) is 15.6. The zero-order chi connectivity index (χ0) is 22.1. The van der Waals surface area contributed by atoms with Crippen molar-refractivity contribution in [1.82, 2.24) is 10.3 Å². The average molecular weight is 429 g/mol. The van der Waals surface area contributed by atoms with Crippen molar-refractivity contribution in [2.24, 2.45) is 0 Å². The van der Waals surface area contributed by atoms with Crippen LogP contribution in [0.1, 0.15) is 33.8 Å². The first-order valence-corrected chi connectivity index (χ1v) is 10.7. The number of fused-ring (bicyclic) bond motifs is 3. The molecular formula is C25H23N3O4. The highest BCUT2D eigenvalue weighted by atomic mass is 16.5. The number of nitrogens with one attached hydrogen (secondary N) is 1. The highest BCUT2D eigenvalue weighted by Gasteiger charge is 2.31. The first-order valence-electron chi connectivity index (χ1n) is 10.7. The van der Waals surface area contributed by atoms with E-state index < -0.39 is 12.1 Å². The minimum Gasteiger partial charge on any atom is -0.478 e. The molecule has 0 spiro atoms. The third-order valence-electron chi connectivity index (χ3n) is 6.17. The zero-order valence-electron chi connectivity index (χ0n) is 17.4. The van der Waals surface area contributed by atoms with E-state index in [1.165, 1.54) is 28.3 Å². The lowest BCUT2D eigenvalue weighted by Crippen LogP contribution is -2.38. The van der Waals surface area contributed by atoms with Gasteiger partial charge in [-0.25, -0.2) is 14.6 Å². The minimum absolute atomic E-state index is 0.0138. The highest BCUT2D eigenvalue weighted by molar-refractivity contribution is 5.93. The average Bonchev–Trinajstić information content (AvgIpc) is 3.40. The summed E-state index contributed by atoms with van der Waals surface area (Å²) in [7, 11) is 0. The summed E-state index contributed by atoms with van der Waals surface area (Å²) in [6.07, 6.45) is 1.81. The Morgan fingerprint density at radius 3 is 2.41 bits per heavy atom. The number of pyridine rings is 1. The van der Waals surface area contributed by atoms with Crippen LogP contribution in [0.3, 0.4) is 0 Å². The number of amides is 1. The van der Waals surface area contributed by atoms with Crippen molar-refractivity contribution >= 4 is 17.9 Å². The number of benzene rings is 2. The molecule has 2 heterocycles. The third-order valence-corrected chi connectivity index (χ3v) is 6.17. The van der Waals surface area contributed by atoms with Gasteiger partial charge in [-0.3, -0.25) is 0 Å². The molecule has 0 unspecified atom stereocenters. The van der Waals surface area contributed by atoms with E-state index in [0.29, 0.717) is 25.3 Å². The second-order valence-electron chi connectivity index (χ2n) is 8.08. The number of carboxylic acid groups (broad SMARTS) is 1. The number of ether oxygens (including phenoxy) is 1. The number of aromatic carboxylic acids is 1. The molecule has 1 saturated heterocycles. The third kappa shape index (κ3) is 3.66. The highest BCUT2D eigenvalue weighted by Crippen LogP contribution is 2.44. The van der Waals surface area contributed by atoms with E-state index >= 15 is 0 Å².